The average Bonchev–Trinajstić information content (AvgIpc) is 2.73. The van der Waals surface area contributed by atoms with Crippen LogP contribution in [0.1, 0.15) is 38.7 Å². The van der Waals surface area contributed by atoms with E-state index in [0.29, 0.717) is 36.4 Å². The Balaban J connectivity index is 2.19. The molecule has 2 rings (SSSR count). The molecule has 2 N–H and O–H groups in total. The van der Waals surface area contributed by atoms with Crippen LogP contribution in [-0.2, 0) is 16.6 Å². The third-order valence-corrected chi connectivity index (χ3v) is 6.34. The Bertz CT molecular complexity index is 569. The topological polar surface area (TPSA) is 63.4 Å². The van der Waals surface area contributed by atoms with Crippen molar-refractivity contribution in [1.29, 1.82) is 0 Å². The number of hydrogen-bond acceptors (Lipinski definition) is 3. The fourth-order valence-electron chi connectivity index (χ4n) is 2.98. The highest BCUT2D eigenvalue weighted by molar-refractivity contribution is 7.89. The maximum atomic E-state index is 12.8. The van der Waals surface area contributed by atoms with E-state index in [4.69, 9.17) is 5.73 Å². The van der Waals surface area contributed by atoms with E-state index >= 15 is 0 Å². The molecule has 1 aliphatic rings. The predicted octanol–water partition coefficient (Wildman–Crippen LogP) is 2.59. The van der Waals surface area contributed by atoms with Crippen molar-refractivity contribution >= 4 is 10.0 Å². The third-order valence-electron chi connectivity index (χ3n) is 4.45. The normalized spacial score (nSPS) is 21.4. The van der Waals surface area contributed by atoms with Gasteiger partial charge in [0.05, 0.1) is 4.90 Å². The van der Waals surface area contributed by atoms with Crippen LogP contribution in [0.25, 0.3) is 0 Å². The van der Waals surface area contributed by atoms with E-state index in [1.807, 2.05) is 6.07 Å². The molecule has 1 aromatic rings. The van der Waals surface area contributed by atoms with Crippen molar-refractivity contribution in [1.82, 2.24) is 4.31 Å². The Hall–Kier alpha value is -0.910. The first-order valence-corrected chi connectivity index (χ1v) is 9.18. The standard InChI is InChI=1S/C16H26N2O2S/c1-13(2)15-6-4-9-18(10-8-15)21(19,20)16-7-3-5-14(11-16)12-17/h3,5,7,11,13,15H,4,6,8-10,12,17H2,1-2H3. The first kappa shape index (κ1) is 16.5. The van der Waals surface area contributed by atoms with Crippen molar-refractivity contribution in [3.8, 4) is 0 Å². The van der Waals surface area contributed by atoms with E-state index in [1.165, 1.54) is 0 Å². The molecule has 1 atom stereocenters. The van der Waals surface area contributed by atoms with Crippen LogP contribution in [0.2, 0.25) is 0 Å². The maximum absolute atomic E-state index is 12.8. The monoisotopic (exact) mass is 310 g/mol. The summed E-state index contributed by atoms with van der Waals surface area (Å²) in [7, 11) is -3.39. The lowest BCUT2D eigenvalue weighted by atomic mass is 9.89. The molecule has 0 amide bonds. The van der Waals surface area contributed by atoms with Crippen LogP contribution in [0.5, 0.6) is 0 Å². The van der Waals surface area contributed by atoms with Gasteiger partial charge in [0.1, 0.15) is 0 Å². The van der Waals surface area contributed by atoms with E-state index in [0.717, 1.165) is 24.8 Å². The van der Waals surface area contributed by atoms with Crippen LogP contribution >= 0.6 is 0 Å². The van der Waals surface area contributed by atoms with Crippen LogP contribution in [0.15, 0.2) is 29.2 Å². The summed E-state index contributed by atoms with van der Waals surface area (Å²) < 4.78 is 27.2. The molecule has 1 fully saturated rings. The number of sulfonamides is 1. The molecule has 4 nitrogen and oxygen atoms in total. The highest BCUT2D eigenvalue weighted by Gasteiger charge is 2.28. The maximum Gasteiger partial charge on any atom is 0.243 e. The molecule has 1 unspecified atom stereocenters. The van der Waals surface area contributed by atoms with Gasteiger partial charge in [-0.25, -0.2) is 8.42 Å². The van der Waals surface area contributed by atoms with E-state index in [-0.39, 0.29) is 0 Å². The number of hydrogen-bond donors (Lipinski definition) is 1. The highest BCUT2D eigenvalue weighted by Crippen LogP contribution is 2.27. The SMILES string of the molecule is CC(C)C1CCCN(S(=O)(=O)c2cccc(CN)c2)CC1. The largest absolute Gasteiger partial charge is 0.326 e. The van der Waals surface area contributed by atoms with Crippen molar-refractivity contribution in [2.24, 2.45) is 17.6 Å². The zero-order valence-corrected chi connectivity index (χ0v) is 13.8. The van der Waals surface area contributed by atoms with Gasteiger partial charge in [0.25, 0.3) is 0 Å². The van der Waals surface area contributed by atoms with Gasteiger partial charge in [0.15, 0.2) is 0 Å². The quantitative estimate of drug-likeness (QED) is 0.929. The molecule has 0 saturated carbocycles. The molecule has 5 heteroatoms. The molecule has 1 saturated heterocycles. The van der Waals surface area contributed by atoms with Gasteiger partial charge in [-0.2, -0.15) is 4.31 Å². The summed E-state index contributed by atoms with van der Waals surface area (Å²) >= 11 is 0. The van der Waals surface area contributed by atoms with Crippen molar-refractivity contribution < 1.29 is 8.42 Å². The molecule has 0 spiro atoms. The van der Waals surface area contributed by atoms with Gasteiger partial charge in [-0.1, -0.05) is 26.0 Å². The van der Waals surface area contributed by atoms with Crippen molar-refractivity contribution in [2.45, 2.75) is 44.6 Å². The molecule has 0 radical (unpaired) electrons. The molecule has 0 bridgehead atoms. The minimum Gasteiger partial charge on any atom is -0.326 e. The number of rotatable bonds is 4. The summed E-state index contributed by atoms with van der Waals surface area (Å²) in [6, 6.07) is 6.99. The minimum atomic E-state index is -3.39. The van der Waals surface area contributed by atoms with Crippen molar-refractivity contribution in [2.75, 3.05) is 13.1 Å². The summed E-state index contributed by atoms with van der Waals surface area (Å²) in [4.78, 5) is 0.369. The predicted molar refractivity (Wildman–Crippen MR) is 85.3 cm³/mol. The lowest BCUT2D eigenvalue weighted by Gasteiger charge is -2.21. The van der Waals surface area contributed by atoms with Gasteiger partial charge in [-0.05, 0) is 48.8 Å². The number of benzene rings is 1. The summed E-state index contributed by atoms with van der Waals surface area (Å²) in [5, 5.41) is 0. The van der Waals surface area contributed by atoms with Crippen molar-refractivity contribution in [3.63, 3.8) is 0 Å². The van der Waals surface area contributed by atoms with E-state index in [1.54, 1.807) is 22.5 Å². The Morgan fingerprint density at radius 1 is 1.29 bits per heavy atom. The van der Waals surface area contributed by atoms with Crippen LogP contribution in [0.3, 0.4) is 0 Å². The van der Waals surface area contributed by atoms with Crippen LogP contribution in [-0.4, -0.2) is 25.8 Å². The lowest BCUT2D eigenvalue weighted by molar-refractivity contribution is 0.341. The van der Waals surface area contributed by atoms with Gasteiger partial charge in [-0.15, -0.1) is 0 Å². The van der Waals surface area contributed by atoms with Gasteiger partial charge in [-0.3, -0.25) is 0 Å². The molecule has 118 valence electrons. The number of nitrogens with zero attached hydrogens (tertiary/aromatic N) is 1. The fourth-order valence-corrected chi connectivity index (χ4v) is 4.55. The second-order valence-corrected chi connectivity index (χ2v) is 8.13. The first-order chi connectivity index (χ1) is 9.95. The minimum absolute atomic E-state index is 0.360. The molecule has 1 aliphatic heterocycles. The summed E-state index contributed by atoms with van der Waals surface area (Å²) in [6.07, 6.45) is 3.01. The Morgan fingerprint density at radius 3 is 2.71 bits per heavy atom. The van der Waals surface area contributed by atoms with E-state index in [9.17, 15) is 8.42 Å². The molecule has 21 heavy (non-hydrogen) atoms. The van der Waals surface area contributed by atoms with E-state index in [2.05, 4.69) is 13.8 Å². The molecule has 1 heterocycles. The molecule has 0 aromatic heterocycles. The van der Waals surface area contributed by atoms with Crippen LogP contribution in [0.4, 0.5) is 0 Å². The number of nitrogens with two attached hydrogens (primary N) is 1. The zero-order chi connectivity index (χ0) is 15.5. The van der Waals surface area contributed by atoms with Crippen molar-refractivity contribution in [3.05, 3.63) is 29.8 Å². The van der Waals surface area contributed by atoms with Crippen LogP contribution < -0.4 is 5.73 Å². The molecule has 1 aromatic carbocycles. The highest BCUT2D eigenvalue weighted by atomic mass is 32.2. The average molecular weight is 310 g/mol. The van der Waals surface area contributed by atoms with Gasteiger partial charge in [0.2, 0.25) is 10.0 Å². The van der Waals surface area contributed by atoms with Crippen LogP contribution in [0, 0.1) is 11.8 Å². The van der Waals surface area contributed by atoms with Gasteiger partial charge in [0, 0.05) is 19.6 Å². The smallest absolute Gasteiger partial charge is 0.243 e. The Morgan fingerprint density at radius 2 is 2.05 bits per heavy atom. The van der Waals surface area contributed by atoms with Gasteiger partial charge >= 0.3 is 0 Å². The second-order valence-electron chi connectivity index (χ2n) is 6.19. The Labute approximate surface area is 128 Å². The van der Waals surface area contributed by atoms with Gasteiger partial charge < -0.3 is 5.73 Å². The lowest BCUT2D eigenvalue weighted by Crippen LogP contribution is -2.32. The summed E-state index contributed by atoms with van der Waals surface area (Å²) in [6.45, 7) is 6.05. The summed E-state index contributed by atoms with van der Waals surface area (Å²) in [5.41, 5.74) is 6.46. The first-order valence-electron chi connectivity index (χ1n) is 7.74. The molecular formula is C16H26N2O2S. The fraction of sp³-hybridized carbons (Fsp3) is 0.625. The summed E-state index contributed by atoms with van der Waals surface area (Å²) in [5.74, 6) is 1.24. The Kier molecular flexibility index (Phi) is 5.41. The molecule has 0 aliphatic carbocycles. The molecular weight excluding hydrogens is 284 g/mol. The zero-order valence-electron chi connectivity index (χ0n) is 13.0. The second kappa shape index (κ2) is 6.90. The van der Waals surface area contributed by atoms with E-state index < -0.39 is 10.0 Å². The third kappa shape index (κ3) is 3.84.